The Morgan fingerprint density at radius 1 is 1.12 bits per heavy atom. The zero-order valence-electron chi connectivity index (χ0n) is 17.6. The molecule has 0 spiro atoms. The van der Waals surface area contributed by atoms with Crippen molar-refractivity contribution in [3.63, 3.8) is 0 Å². The number of esters is 1. The van der Waals surface area contributed by atoms with Crippen LogP contribution in [-0.2, 0) is 14.3 Å². The normalized spacial score (nSPS) is 14.6. The van der Waals surface area contributed by atoms with Crippen molar-refractivity contribution in [1.82, 2.24) is 4.90 Å². The minimum absolute atomic E-state index is 0.166. The van der Waals surface area contributed by atoms with E-state index in [2.05, 4.69) is 10.1 Å². The molecule has 2 amide bonds. The van der Waals surface area contributed by atoms with Crippen LogP contribution >= 0.6 is 24.0 Å². The minimum atomic E-state index is -0.419. The number of nitrogens with one attached hydrogen (secondary N) is 1. The fourth-order valence-electron chi connectivity index (χ4n) is 3.04. The second-order valence-electron chi connectivity index (χ2n) is 6.80. The van der Waals surface area contributed by atoms with E-state index < -0.39 is 5.97 Å². The van der Waals surface area contributed by atoms with Crippen LogP contribution in [0, 0.1) is 0 Å². The first-order valence-electron chi connectivity index (χ1n) is 9.79. The molecule has 1 heterocycles. The number of rotatable bonds is 8. The Bertz CT molecular complexity index is 1070. The third-order valence-corrected chi connectivity index (χ3v) is 6.05. The van der Waals surface area contributed by atoms with Gasteiger partial charge in [-0.2, -0.15) is 0 Å². The second kappa shape index (κ2) is 10.9. The average molecular weight is 471 g/mol. The van der Waals surface area contributed by atoms with Crippen LogP contribution in [0.1, 0.15) is 28.8 Å². The van der Waals surface area contributed by atoms with Crippen LogP contribution in [0.5, 0.6) is 5.75 Å². The predicted octanol–water partition coefficient (Wildman–Crippen LogP) is 4.10. The molecule has 32 heavy (non-hydrogen) atoms. The van der Waals surface area contributed by atoms with Crippen LogP contribution in [0.2, 0.25) is 0 Å². The molecule has 3 rings (SSSR count). The van der Waals surface area contributed by atoms with Gasteiger partial charge in [0, 0.05) is 13.0 Å². The molecule has 2 aromatic rings. The molecular formula is C23H22N2O5S2. The van der Waals surface area contributed by atoms with E-state index in [1.54, 1.807) is 49.6 Å². The highest BCUT2D eigenvalue weighted by Gasteiger charge is 2.31. The molecule has 166 valence electrons. The number of hydrogen-bond acceptors (Lipinski definition) is 7. The first kappa shape index (κ1) is 23.5. The average Bonchev–Trinajstić information content (AvgIpc) is 3.06. The van der Waals surface area contributed by atoms with Gasteiger partial charge in [0.2, 0.25) is 5.91 Å². The third-order valence-electron chi connectivity index (χ3n) is 4.67. The summed E-state index contributed by atoms with van der Waals surface area (Å²) in [6.07, 6.45) is 2.44. The molecule has 0 radical (unpaired) electrons. The van der Waals surface area contributed by atoms with E-state index in [0.717, 1.165) is 5.56 Å². The Hall–Kier alpha value is -3.17. The van der Waals surface area contributed by atoms with Crippen molar-refractivity contribution < 1.29 is 23.9 Å². The maximum absolute atomic E-state index is 12.8. The molecule has 0 saturated carbocycles. The summed E-state index contributed by atoms with van der Waals surface area (Å²) < 4.78 is 10.4. The second-order valence-corrected chi connectivity index (χ2v) is 8.47. The monoisotopic (exact) mass is 470 g/mol. The minimum Gasteiger partial charge on any atom is -0.495 e. The van der Waals surface area contributed by atoms with E-state index in [1.807, 2.05) is 12.1 Å². The highest BCUT2D eigenvalue weighted by molar-refractivity contribution is 8.26. The van der Waals surface area contributed by atoms with Crippen LogP contribution in [-0.4, -0.2) is 47.8 Å². The molecule has 1 aliphatic rings. The van der Waals surface area contributed by atoms with Crippen molar-refractivity contribution in [1.29, 1.82) is 0 Å². The third kappa shape index (κ3) is 5.74. The number of thiocarbonyl (C=S) groups is 1. The lowest BCUT2D eigenvalue weighted by Gasteiger charge is -2.14. The first-order chi connectivity index (χ1) is 15.4. The van der Waals surface area contributed by atoms with Crippen LogP contribution < -0.4 is 10.1 Å². The number of thioether (sulfide) groups is 1. The zero-order chi connectivity index (χ0) is 23.1. The SMILES string of the molecule is COC(=O)c1ccc(C=C2SC(=S)N(CCCC(=O)Nc3ccccc3OC)C2=O)cc1. The van der Waals surface area contributed by atoms with E-state index in [4.69, 9.17) is 17.0 Å². The molecule has 2 aromatic carbocycles. The first-order valence-corrected chi connectivity index (χ1v) is 11.0. The van der Waals surface area contributed by atoms with Gasteiger partial charge in [0.25, 0.3) is 5.91 Å². The number of hydrogen-bond donors (Lipinski definition) is 1. The zero-order valence-corrected chi connectivity index (χ0v) is 19.3. The number of nitrogens with zero attached hydrogens (tertiary/aromatic N) is 1. The van der Waals surface area contributed by atoms with Crippen molar-refractivity contribution in [2.75, 3.05) is 26.1 Å². The number of carbonyl (C=O) groups excluding carboxylic acids is 3. The molecule has 7 nitrogen and oxygen atoms in total. The van der Waals surface area contributed by atoms with Gasteiger partial charge < -0.3 is 14.8 Å². The number of para-hydroxylation sites is 2. The molecular weight excluding hydrogens is 448 g/mol. The van der Waals surface area contributed by atoms with Crippen LogP contribution in [0.15, 0.2) is 53.4 Å². The topological polar surface area (TPSA) is 84.9 Å². The number of carbonyl (C=O) groups is 3. The predicted molar refractivity (Wildman–Crippen MR) is 129 cm³/mol. The lowest BCUT2D eigenvalue weighted by Crippen LogP contribution is -2.29. The van der Waals surface area contributed by atoms with Gasteiger partial charge in [-0.05, 0) is 42.3 Å². The Balaban J connectivity index is 1.55. The molecule has 0 bridgehead atoms. The van der Waals surface area contributed by atoms with Crippen molar-refractivity contribution in [2.45, 2.75) is 12.8 Å². The molecule has 0 atom stereocenters. The Morgan fingerprint density at radius 2 is 1.84 bits per heavy atom. The molecule has 1 N–H and O–H groups in total. The van der Waals surface area contributed by atoms with Crippen LogP contribution in [0.4, 0.5) is 5.69 Å². The van der Waals surface area contributed by atoms with Gasteiger partial charge in [0.05, 0.1) is 30.4 Å². The number of amides is 2. The van der Waals surface area contributed by atoms with E-state index in [0.29, 0.717) is 39.2 Å². The summed E-state index contributed by atoms with van der Waals surface area (Å²) in [7, 11) is 2.87. The van der Waals surface area contributed by atoms with Gasteiger partial charge in [0.1, 0.15) is 10.1 Å². The molecule has 0 aromatic heterocycles. The van der Waals surface area contributed by atoms with Crippen molar-refractivity contribution >= 4 is 57.8 Å². The highest BCUT2D eigenvalue weighted by Crippen LogP contribution is 2.33. The molecule has 9 heteroatoms. The number of benzene rings is 2. The quantitative estimate of drug-likeness (QED) is 0.353. The largest absolute Gasteiger partial charge is 0.495 e. The molecule has 0 unspecified atom stereocenters. The van der Waals surface area contributed by atoms with E-state index in [-0.39, 0.29) is 18.2 Å². The summed E-state index contributed by atoms with van der Waals surface area (Å²) in [5.74, 6) is -0.191. The molecule has 1 fully saturated rings. The van der Waals surface area contributed by atoms with Gasteiger partial charge in [0.15, 0.2) is 0 Å². The van der Waals surface area contributed by atoms with Crippen molar-refractivity contribution in [3.05, 3.63) is 64.6 Å². The van der Waals surface area contributed by atoms with Gasteiger partial charge in [-0.15, -0.1) is 0 Å². The van der Waals surface area contributed by atoms with Crippen LogP contribution in [0.3, 0.4) is 0 Å². The molecule has 1 aliphatic heterocycles. The number of methoxy groups -OCH3 is 2. The summed E-state index contributed by atoms with van der Waals surface area (Å²) >= 11 is 6.57. The highest BCUT2D eigenvalue weighted by atomic mass is 32.2. The standard InChI is InChI=1S/C23H22N2O5S2/c1-29-18-7-4-3-6-17(18)24-20(26)8-5-13-25-21(27)19(32-23(25)31)14-15-9-11-16(12-10-15)22(28)30-2/h3-4,6-7,9-12,14H,5,8,13H2,1-2H3,(H,24,26). The van der Waals surface area contributed by atoms with Crippen LogP contribution in [0.25, 0.3) is 6.08 Å². The maximum Gasteiger partial charge on any atom is 0.337 e. The Kier molecular flexibility index (Phi) is 8.02. The molecule has 1 saturated heterocycles. The summed E-state index contributed by atoms with van der Waals surface area (Å²) in [6, 6.07) is 13.9. The number of ether oxygens (including phenoxy) is 2. The number of anilines is 1. The fraction of sp³-hybridized carbons (Fsp3) is 0.217. The van der Waals surface area contributed by atoms with Crippen molar-refractivity contribution in [2.24, 2.45) is 0 Å². The van der Waals surface area contributed by atoms with Gasteiger partial charge >= 0.3 is 5.97 Å². The lowest BCUT2D eigenvalue weighted by molar-refractivity contribution is -0.122. The summed E-state index contributed by atoms with van der Waals surface area (Å²) in [5, 5.41) is 2.82. The Labute approximate surface area is 195 Å². The summed E-state index contributed by atoms with van der Waals surface area (Å²) in [4.78, 5) is 38.6. The van der Waals surface area contributed by atoms with E-state index >= 15 is 0 Å². The lowest BCUT2D eigenvalue weighted by atomic mass is 10.1. The fourth-order valence-corrected chi connectivity index (χ4v) is 4.34. The molecule has 0 aliphatic carbocycles. The van der Waals surface area contributed by atoms with Gasteiger partial charge in [-0.25, -0.2) is 4.79 Å². The maximum atomic E-state index is 12.8. The summed E-state index contributed by atoms with van der Waals surface area (Å²) in [6.45, 7) is 0.350. The summed E-state index contributed by atoms with van der Waals surface area (Å²) in [5.41, 5.74) is 1.81. The van der Waals surface area contributed by atoms with E-state index in [9.17, 15) is 14.4 Å². The van der Waals surface area contributed by atoms with Gasteiger partial charge in [-0.3, -0.25) is 14.5 Å². The van der Waals surface area contributed by atoms with E-state index in [1.165, 1.54) is 23.8 Å². The van der Waals surface area contributed by atoms with Crippen molar-refractivity contribution in [3.8, 4) is 5.75 Å². The Morgan fingerprint density at radius 3 is 2.53 bits per heavy atom. The van der Waals surface area contributed by atoms with Gasteiger partial charge in [-0.1, -0.05) is 48.2 Å². The smallest absolute Gasteiger partial charge is 0.337 e.